The first-order chi connectivity index (χ1) is 9.13. The lowest BCUT2D eigenvalue weighted by molar-refractivity contribution is 0.610. The first-order valence-electron chi connectivity index (χ1n) is 6.70. The lowest BCUT2D eigenvalue weighted by Gasteiger charge is -2.21. The quantitative estimate of drug-likeness (QED) is 0.912. The second-order valence-corrected chi connectivity index (χ2v) is 4.92. The van der Waals surface area contributed by atoms with E-state index in [1.807, 2.05) is 6.07 Å². The van der Waals surface area contributed by atoms with E-state index in [1.54, 1.807) is 12.5 Å². The molecule has 1 aromatic heterocycles. The Morgan fingerprint density at radius 1 is 1.11 bits per heavy atom. The van der Waals surface area contributed by atoms with E-state index in [0.29, 0.717) is 0 Å². The van der Waals surface area contributed by atoms with Gasteiger partial charge < -0.3 is 5.32 Å². The average Bonchev–Trinajstić information content (AvgIpc) is 2.42. The van der Waals surface area contributed by atoms with Gasteiger partial charge in [0.15, 0.2) is 0 Å². The van der Waals surface area contributed by atoms with E-state index in [1.165, 1.54) is 22.3 Å². The molecule has 0 saturated carbocycles. The van der Waals surface area contributed by atoms with Gasteiger partial charge in [0.05, 0.1) is 11.7 Å². The van der Waals surface area contributed by atoms with Crippen LogP contribution in [0.25, 0.3) is 0 Å². The molecule has 1 aromatic carbocycles. The van der Waals surface area contributed by atoms with Crippen LogP contribution in [0.3, 0.4) is 0 Å². The van der Waals surface area contributed by atoms with Crippen molar-refractivity contribution in [3.63, 3.8) is 0 Å². The van der Waals surface area contributed by atoms with Crippen molar-refractivity contribution in [2.45, 2.75) is 33.7 Å². The van der Waals surface area contributed by atoms with Crippen LogP contribution in [0.2, 0.25) is 0 Å². The lowest BCUT2D eigenvalue weighted by Crippen LogP contribution is -2.24. The zero-order chi connectivity index (χ0) is 13.8. The molecule has 1 unspecified atom stereocenters. The smallest absolute Gasteiger partial charge is 0.115 e. The van der Waals surface area contributed by atoms with Gasteiger partial charge in [-0.1, -0.05) is 19.1 Å². The highest BCUT2D eigenvalue weighted by Gasteiger charge is 2.17. The van der Waals surface area contributed by atoms with Crippen LogP contribution >= 0.6 is 0 Å². The van der Waals surface area contributed by atoms with E-state index in [9.17, 15) is 0 Å². The minimum atomic E-state index is 0.132. The van der Waals surface area contributed by atoms with Crippen LogP contribution < -0.4 is 5.32 Å². The predicted molar refractivity (Wildman–Crippen MR) is 78.2 cm³/mol. The van der Waals surface area contributed by atoms with Gasteiger partial charge in [0.2, 0.25) is 0 Å². The maximum atomic E-state index is 4.39. The van der Waals surface area contributed by atoms with Crippen molar-refractivity contribution < 1.29 is 0 Å². The first kappa shape index (κ1) is 13.7. The van der Waals surface area contributed by atoms with Crippen LogP contribution in [0.4, 0.5) is 0 Å². The number of rotatable bonds is 4. The summed E-state index contributed by atoms with van der Waals surface area (Å²) in [5.41, 5.74) is 6.26. The van der Waals surface area contributed by atoms with E-state index < -0.39 is 0 Å². The molecule has 0 fully saturated rings. The Kier molecular flexibility index (Phi) is 4.27. The van der Waals surface area contributed by atoms with Gasteiger partial charge in [0.25, 0.3) is 0 Å². The molecule has 1 N–H and O–H groups in total. The average molecular weight is 255 g/mol. The standard InChI is InChI=1S/C16H21N3/c1-5-18-16(15-6-7-17-10-19-15)14-9-12(3)11(2)8-13(14)4/h6-10,16,18H,5H2,1-4H3. The number of nitrogens with one attached hydrogen (secondary N) is 1. The molecule has 0 aliphatic heterocycles. The molecule has 0 aliphatic carbocycles. The molecule has 0 radical (unpaired) electrons. The molecule has 2 aromatic rings. The Hall–Kier alpha value is -1.74. The van der Waals surface area contributed by atoms with Crippen LogP contribution in [-0.2, 0) is 0 Å². The lowest BCUT2D eigenvalue weighted by atomic mass is 9.94. The SMILES string of the molecule is CCNC(c1ccncn1)c1cc(C)c(C)cc1C. The third-order valence-electron chi connectivity index (χ3n) is 3.50. The molecule has 0 amide bonds. The molecular formula is C16H21N3. The third kappa shape index (κ3) is 2.99. The van der Waals surface area contributed by atoms with E-state index >= 15 is 0 Å². The van der Waals surface area contributed by atoms with E-state index in [0.717, 1.165) is 12.2 Å². The van der Waals surface area contributed by atoms with Gasteiger partial charge in [-0.3, -0.25) is 0 Å². The minimum absolute atomic E-state index is 0.132. The van der Waals surface area contributed by atoms with Gasteiger partial charge in [-0.2, -0.15) is 0 Å². The van der Waals surface area contributed by atoms with E-state index in [2.05, 4.69) is 55.1 Å². The van der Waals surface area contributed by atoms with Crippen molar-refractivity contribution >= 4 is 0 Å². The van der Waals surface area contributed by atoms with Gasteiger partial charge in [0.1, 0.15) is 6.33 Å². The summed E-state index contributed by atoms with van der Waals surface area (Å²) < 4.78 is 0. The van der Waals surface area contributed by atoms with Gasteiger partial charge >= 0.3 is 0 Å². The fourth-order valence-corrected chi connectivity index (χ4v) is 2.34. The molecule has 1 atom stereocenters. The Morgan fingerprint density at radius 3 is 2.47 bits per heavy atom. The Balaban J connectivity index is 2.48. The van der Waals surface area contributed by atoms with E-state index in [4.69, 9.17) is 0 Å². The number of hydrogen-bond acceptors (Lipinski definition) is 3. The van der Waals surface area contributed by atoms with Crippen LogP contribution in [0.1, 0.15) is 40.9 Å². The van der Waals surface area contributed by atoms with Gasteiger partial charge in [-0.05, 0) is 55.6 Å². The summed E-state index contributed by atoms with van der Waals surface area (Å²) in [7, 11) is 0. The monoisotopic (exact) mass is 255 g/mol. The third-order valence-corrected chi connectivity index (χ3v) is 3.50. The van der Waals surface area contributed by atoms with Crippen molar-refractivity contribution in [2.75, 3.05) is 6.54 Å². The number of aromatic nitrogens is 2. The molecule has 0 bridgehead atoms. The fourth-order valence-electron chi connectivity index (χ4n) is 2.34. The molecule has 0 saturated heterocycles. The number of hydrogen-bond donors (Lipinski definition) is 1. The van der Waals surface area contributed by atoms with E-state index in [-0.39, 0.29) is 6.04 Å². The minimum Gasteiger partial charge on any atom is -0.305 e. The molecule has 3 nitrogen and oxygen atoms in total. The molecule has 1 heterocycles. The highest BCUT2D eigenvalue weighted by molar-refractivity contribution is 5.41. The van der Waals surface area contributed by atoms with Crippen molar-refractivity contribution in [2.24, 2.45) is 0 Å². The Bertz CT molecular complexity index is 549. The number of aryl methyl sites for hydroxylation is 3. The summed E-state index contributed by atoms with van der Waals surface area (Å²) in [5.74, 6) is 0. The maximum Gasteiger partial charge on any atom is 0.115 e. The summed E-state index contributed by atoms with van der Waals surface area (Å²) in [5, 5.41) is 3.51. The summed E-state index contributed by atoms with van der Waals surface area (Å²) in [6, 6.07) is 6.62. The molecule has 2 rings (SSSR count). The Morgan fingerprint density at radius 2 is 1.84 bits per heavy atom. The zero-order valence-corrected chi connectivity index (χ0v) is 12.1. The van der Waals surface area contributed by atoms with Gasteiger partial charge in [-0.15, -0.1) is 0 Å². The maximum absolute atomic E-state index is 4.39. The summed E-state index contributed by atoms with van der Waals surface area (Å²) in [4.78, 5) is 8.39. The number of benzene rings is 1. The second-order valence-electron chi connectivity index (χ2n) is 4.92. The van der Waals surface area contributed by atoms with Gasteiger partial charge in [-0.25, -0.2) is 9.97 Å². The van der Waals surface area contributed by atoms with Crippen molar-refractivity contribution in [3.8, 4) is 0 Å². The highest BCUT2D eigenvalue weighted by atomic mass is 14.9. The molecule has 3 heteroatoms. The van der Waals surface area contributed by atoms with Gasteiger partial charge in [0, 0.05) is 6.20 Å². The van der Waals surface area contributed by atoms with Crippen LogP contribution in [-0.4, -0.2) is 16.5 Å². The normalized spacial score (nSPS) is 12.4. The summed E-state index contributed by atoms with van der Waals surface area (Å²) in [6.45, 7) is 9.49. The highest BCUT2D eigenvalue weighted by Crippen LogP contribution is 2.25. The van der Waals surface area contributed by atoms with Crippen LogP contribution in [0.15, 0.2) is 30.7 Å². The topological polar surface area (TPSA) is 37.8 Å². The largest absolute Gasteiger partial charge is 0.305 e. The van der Waals surface area contributed by atoms with Crippen LogP contribution in [0, 0.1) is 20.8 Å². The van der Waals surface area contributed by atoms with Crippen molar-refractivity contribution in [3.05, 3.63) is 58.7 Å². The summed E-state index contributed by atoms with van der Waals surface area (Å²) in [6.07, 6.45) is 3.40. The second kappa shape index (κ2) is 5.93. The van der Waals surface area contributed by atoms with Crippen molar-refractivity contribution in [1.82, 2.24) is 15.3 Å². The molecule has 19 heavy (non-hydrogen) atoms. The Labute approximate surface area is 115 Å². The molecule has 0 spiro atoms. The molecular weight excluding hydrogens is 234 g/mol. The fraction of sp³-hybridized carbons (Fsp3) is 0.375. The molecule has 100 valence electrons. The first-order valence-corrected chi connectivity index (χ1v) is 6.70. The zero-order valence-electron chi connectivity index (χ0n) is 12.1. The predicted octanol–water partition coefficient (Wildman–Crippen LogP) is 3.10. The van der Waals surface area contributed by atoms with Crippen LogP contribution in [0.5, 0.6) is 0 Å². The number of nitrogens with zero attached hydrogens (tertiary/aromatic N) is 2. The molecule has 0 aliphatic rings. The summed E-state index contributed by atoms with van der Waals surface area (Å²) >= 11 is 0. The van der Waals surface area contributed by atoms with Crippen molar-refractivity contribution in [1.29, 1.82) is 0 Å².